The molecule has 0 saturated carbocycles. The summed E-state index contributed by atoms with van der Waals surface area (Å²) in [5.41, 5.74) is 9.52. The summed E-state index contributed by atoms with van der Waals surface area (Å²) in [4.78, 5) is 11.0. The van der Waals surface area contributed by atoms with E-state index in [0.29, 0.717) is 5.82 Å². The van der Waals surface area contributed by atoms with Gasteiger partial charge in [-0.2, -0.15) is 5.10 Å². The van der Waals surface area contributed by atoms with Gasteiger partial charge in [0.25, 0.3) is 5.91 Å². The third-order valence-electron chi connectivity index (χ3n) is 3.93. The van der Waals surface area contributed by atoms with Crippen molar-refractivity contribution in [3.8, 4) is 5.69 Å². The van der Waals surface area contributed by atoms with Gasteiger partial charge in [0.1, 0.15) is 5.82 Å². The fraction of sp³-hybridized carbons (Fsp3) is 0.222. The van der Waals surface area contributed by atoms with Gasteiger partial charge in [-0.1, -0.05) is 12.1 Å². The first-order valence-electron chi connectivity index (χ1n) is 7.97. The lowest BCUT2D eigenvalue weighted by Crippen LogP contribution is -2.15. The highest BCUT2D eigenvalue weighted by atomic mass is 16.1. The summed E-state index contributed by atoms with van der Waals surface area (Å²) in [6.45, 7) is 6.04. The van der Waals surface area contributed by atoms with Gasteiger partial charge in [0.05, 0.1) is 17.4 Å². The van der Waals surface area contributed by atoms with Gasteiger partial charge in [-0.05, 0) is 56.7 Å². The van der Waals surface area contributed by atoms with Crippen LogP contribution in [0.5, 0.6) is 0 Å². The molecule has 0 aliphatic rings. The molecule has 25 heavy (non-hydrogen) atoms. The molecule has 3 rings (SSSR count). The first-order chi connectivity index (χ1) is 11.9. The van der Waals surface area contributed by atoms with Crippen LogP contribution in [0.3, 0.4) is 0 Å². The predicted octanol–water partition coefficient (Wildman–Crippen LogP) is 2.55. The number of aryl methyl sites for hydroxylation is 2. The second kappa shape index (κ2) is 6.72. The normalized spacial score (nSPS) is 12.0. The number of nitrogens with two attached hydrogens (primary N) is 1. The maximum Gasteiger partial charge on any atom is 0.269 e. The summed E-state index contributed by atoms with van der Waals surface area (Å²) in [5, 5.41) is 15.5. The van der Waals surface area contributed by atoms with Crippen molar-refractivity contribution in [2.45, 2.75) is 26.8 Å². The SMILES string of the molecule is Cc1cc(C)n(-c2ccc(C(C)Nc3ccc(C(N)=O)nn3)cc2)n1. The van der Waals surface area contributed by atoms with Crippen LogP contribution < -0.4 is 11.1 Å². The van der Waals surface area contributed by atoms with Gasteiger partial charge in [-0.3, -0.25) is 4.79 Å². The molecule has 0 radical (unpaired) electrons. The second-order valence-electron chi connectivity index (χ2n) is 5.96. The predicted molar refractivity (Wildman–Crippen MR) is 95.6 cm³/mol. The number of amides is 1. The van der Waals surface area contributed by atoms with Crippen LogP contribution in [-0.4, -0.2) is 25.9 Å². The lowest BCUT2D eigenvalue weighted by Gasteiger charge is -2.15. The van der Waals surface area contributed by atoms with Gasteiger partial charge in [-0.15, -0.1) is 10.2 Å². The van der Waals surface area contributed by atoms with E-state index in [1.165, 1.54) is 0 Å². The molecule has 1 unspecified atom stereocenters. The molecular formula is C18H20N6O. The van der Waals surface area contributed by atoms with E-state index in [4.69, 9.17) is 5.73 Å². The van der Waals surface area contributed by atoms with Gasteiger partial charge >= 0.3 is 0 Å². The van der Waals surface area contributed by atoms with Crippen molar-refractivity contribution in [2.24, 2.45) is 5.73 Å². The number of nitrogens with zero attached hydrogens (tertiary/aromatic N) is 4. The molecule has 1 amide bonds. The first-order valence-corrected chi connectivity index (χ1v) is 7.97. The Labute approximate surface area is 145 Å². The molecule has 0 aliphatic heterocycles. The third-order valence-corrected chi connectivity index (χ3v) is 3.93. The molecule has 0 fully saturated rings. The number of hydrogen-bond donors (Lipinski definition) is 2. The molecule has 0 saturated heterocycles. The van der Waals surface area contributed by atoms with Crippen molar-refractivity contribution in [1.82, 2.24) is 20.0 Å². The van der Waals surface area contributed by atoms with Crippen LogP contribution in [-0.2, 0) is 0 Å². The summed E-state index contributed by atoms with van der Waals surface area (Å²) in [6.07, 6.45) is 0. The minimum atomic E-state index is -0.591. The van der Waals surface area contributed by atoms with Gasteiger partial charge < -0.3 is 11.1 Å². The number of primary amides is 1. The van der Waals surface area contributed by atoms with E-state index in [9.17, 15) is 4.79 Å². The Morgan fingerprint density at radius 1 is 1.12 bits per heavy atom. The number of carbonyl (C=O) groups is 1. The van der Waals surface area contributed by atoms with Crippen LogP contribution in [0.25, 0.3) is 5.69 Å². The van der Waals surface area contributed by atoms with E-state index in [1.54, 1.807) is 12.1 Å². The monoisotopic (exact) mass is 336 g/mol. The highest BCUT2D eigenvalue weighted by molar-refractivity contribution is 5.90. The highest BCUT2D eigenvalue weighted by Gasteiger charge is 2.09. The van der Waals surface area contributed by atoms with Gasteiger partial charge in [-0.25, -0.2) is 4.68 Å². The number of carbonyl (C=O) groups excluding carboxylic acids is 1. The smallest absolute Gasteiger partial charge is 0.269 e. The van der Waals surface area contributed by atoms with Crippen LogP contribution in [0.1, 0.15) is 40.4 Å². The lowest BCUT2D eigenvalue weighted by atomic mass is 10.1. The quantitative estimate of drug-likeness (QED) is 0.746. The lowest BCUT2D eigenvalue weighted by molar-refractivity contribution is 0.0994. The summed E-state index contributed by atoms with van der Waals surface area (Å²) >= 11 is 0. The Hall–Kier alpha value is -3.22. The molecule has 128 valence electrons. The minimum absolute atomic E-state index is 0.0308. The Morgan fingerprint density at radius 3 is 2.36 bits per heavy atom. The summed E-state index contributed by atoms with van der Waals surface area (Å²) in [6, 6.07) is 13.5. The largest absolute Gasteiger partial charge is 0.364 e. The van der Waals surface area contributed by atoms with E-state index < -0.39 is 5.91 Å². The highest BCUT2D eigenvalue weighted by Crippen LogP contribution is 2.20. The molecule has 0 spiro atoms. The Morgan fingerprint density at radius 2 is 1.84 bits per heavy atom. The molecule has 0 bridgehead atoms. The number of rotatable bonds is 5. The van der Waals surface area contributed by atoms with Crippen molar-refractivity contribution >= 4 is 11.7 Å². The minimum Gasteiger partial charge on any atom is -0.364 e. The average Bonchev–Trinajstić information content (AvgIpc) is 2.94. The average molecular weight is 336 g/mol. The van der Waals surface area contributed by atoms with Crippen molar-refractivity contribution in [1.29, 1.82) is 0 Å². The van der Waals surface area contributed by atoms with Gasteiger partial charge in [0.2, 0.25) is 0 Å². The van der Waals surface area contributed by atoms with E-state index in [2.05, 4.69) is 32.7 Å². The van der Waals surface area contributed by atoms with Crippen LogP contribution >= 0.6 is 0 Å². The van der Waals surface area contributed by atoms with Gasteiger partial charge in [0.15, 0.2) is 5.69 Å². The zero-order valence-corrected chi connectivity index (χ0v) is 14.4. The third kappa shape index (κ3) is 3.65. The van der Waals surface area contributed by atoms with Crippen molar-refractivity contribution < 1.29 is 4.79 Å². The maximum absolute atomic E-state index is 11.0. The van der Waals surface area contributed by atoms with Crippen LogP contribution in [0.2, 0.25) is 0 Å². The molecule has 2 aromatic heterocycles. The Kier molecular flexibility index (Phi) is 4.47. The van der Waals surface area contributed by atoms with E-state index in [1.807, 2.05) is 43.7 Å². The number of hydrogen-bond acceptors (Lipinski definition) is 5. The van der Waals surface area contributed by atoms with Crippen LogP contribution in [0.15, 0.2) is 42.5 Å². The summed E-state index contributed by atoms with van der Waals surface area (Å²) in [7, 11) is 0. The van der Waals surface area contributed by atoms with Gasteiger partial charge in [0, 0.05) is 5.69 Å². The molecule has 2 heterocycles. The fourth-order valence-electron chi connectivity index (χ4n) is 2.64. The standard InChI is InChI=1S/C18H20N6O/c1-11-10-12(2)24(23-11)15-6-4-14(5-7-15)13(3)20-17-9-8-16(18(19)25)21-22-17/h4-10,13H,1-3H3,(H2,19,25)(H,20,22). The Bertz CT molecular complexity index is 883. The van der Waals surface area contributed by atoms with Crippen molar-refractivity contribution in [3.05, 3.63) is 65.1 Å². The zero-order valence-electron chi connectivity index (χ0n) is 14.4. The zero-order chi connectivity index (χ0) is 18.0. The molecule has 0 aliphatic carbocycles. The first kappa shape index (κ1) is 16.6. The number of nitrogens with one attached hydrogen (secondary N) is 1. The molecule has 3 aromatic rings. The molecule has 7 nitrogen and oxygen atoms in total. The molecule has 3 N–H and O–H groups in total. The summed E-state index contributed by atoms with van der Waals surface area (Å²) in [5.74, 6) is -0.00744. The number of anilines is 1. The number of benzene rings is 1. The maximum atomic E-state index is 11.0. The molecule has 1 atom stereocenters. The van der Waals surface area contributed by atoms with Crippen molar-refractivity contribution in [3.63, 3.8) is 0 Å². The van der Waals surface area contributed by atoms with Crippen LogP contribution in [0, 0.1) is 13.8 Å². The molecular weight excluding hydrogens is 316 g/mol. The fourth-order valence-corrected chi connectivity index (χ4v) is 2.64. The topological polar surface area (TPSA) is 98.7 Å². The van der Waals surface area contributed by atoms with Crippen molar-refractivity contribution in [2.75, 3.05) is 5.32 Å². The molecule has 7 heteroatoms. The van der Waals surface area contributed by atoms with E-state index >= 15 is 0 Å². The van der Waals surface area contributed by atoms with Crippen LogP contribution in [0.4, 0.5) is 5.82 Å². The molecule has 1 aromatic carbocycles. The second-order valence-corrected chi connectivity index (χ2v) is 5.96. The number of aromatic nitrogens is 4. The Balaban J connectivity index is 1.73. The van der Waals surface area contributed by atoms with E-state index in [-0.39, 0.29) is 11.7 Å². The van der Waals surface area contributed by atoms with E-state index in [0.717, 1.165) is 22.6 Å². The summed E-state index contributed by atoms with van der Waals surface area (Å²) < 4.78 is 1.92.